The van der Waals surface area contributed by atoms with Gasteiger partial charge in [0.2, 0.25) is 30.2 Å². The van der Waals surface area contributed by atoms with Gasteiger partial charge in [-0.1, -0.05) is 54.6 Å². The minimum absolute atomic E-state index is 0.877. The SMILES string of the molecule is Cc1ccccc1-c1c(C)ccc[n+]1CCc1ccccc1-c1c(C)ccc[n+]1CC[n+]1cccc(C)c1-c1ccccc1C. The standard InChI is InChI=1S/C42H44N3/c1-31-15-6-9-21-37(31)40-33(3)17-12-25-43(40)28-24-36-20-8-11-23-39(36)42-35(5)19-14-27-45(42)30-29-44-26-13-18-34(4)41(44)38-22-10-7-16-32(38)2/h6-23,25-27H,24,28-30H2,1-5H3/q+3. The highest BCUT2D eigenvalue weighted by Gasteiger charge is 2.24. The predicted molar refractivity (Wildman–Crippen MR) is 184 cm³/mol. The summed E-state index contributed by atoms with van der Waals surface area (Å²) in [7, 11) is 0. The maximum atomic E-state index is 2.45. The molecule has 0 N–H and O–H groups in total. The first kappa shape index (κ1) is 30.1. The lowest BCUT2D eigenvalue weighted by molar-refractivity contribution is -0.768. The van der Waals surface area contributed by atoms with E-state index in [1.54, 1.807) is 0 Å². The molecule has 3 heteroatoms. The molecule has 0 saturated carbocycles. The summed E-state index contributed by atoms with van der Waals surface area (Å²) in [6, 6.07) is 39.6. The molecule has 0 aliphatic carbocycles. The van der Waals surface area contributed by atoms with Crippen LogP contribution >= 0.6 is 0 Å². The monoisotopic (exact) mass is 590 g/mol. The van der Waals surface area contributed by atoms with Crippen LogP contribution in [-0.2, 0) is 26.1 Å². The molecular weight excluding hydrogens is 546 g/mol. The topological polar surface area (TPSA) is 11.6 Å². The van der Waals surface area contributed by atoms with E-state index < -0.39 is 0 Å². The van der Waals surface area contributed by atoms with Crippen molar-refractivity contribution in [3.8, 4) is 33.8 Å². The highest BCUT2D eigenvalue weighted by molar-refractivity contribution is 5.65. The zero-order chi connectivity index (χ0) is 31.3. The van der Waals surface area contributed by atoms with E-state index in [9.17, 15) is 0 Å². The Morgan fingerprint density at radius 2 is 0.711 bits per heavy atom. The number of benzene rings is 3. The van der Waals surface area contributed by atoms with Crippen molar-refractivity contribution in [3.63, 3.8) is 0 Å². The Hall–Kier alpha value is -4.89. The van der Waals surface area contributed by atoms with Gasteiger partial charge in [0.1, 0.15) is 0 Å². The fourth-order valence-corrected chi connectivity index (χ4v) is 6.78. The van der Waals surface area contributed by atoms with Gasteiger partial charge in [-0.2, -0.15) is 13.7 Å². The van der Waals surface area contributed by atoms with Crippen molar-refractivity contribution in [1.82, 2.24) is 0 Å². The molecule has 0 unspecified atom stereocenters. The van der Waals surface area contributed by atoms with E-state index in [0.29, 0.717) is 0 Å². The Balaban J connectivity index is 1.32. The minimum Gasteiger partial charge on any atom is -0.198 e. The van der Waals surface area contributed by atoms with Gasteiger partial charge < -0.3 is 0 Å². The molecule has 3 aromatic carbocycles. The average Bonchev–Trinajstić information content (AvgIpc) is 3.04. The number of aryl methyl sites for hydroxylation is 9. The fraction of sp³-hybridized carbons (Fsp3) is 0.214. The van der Waals surface area contributed by atoms with Gasteiger partial charge in [0.25, 0.3) is 0 Å². The van der Waals surface area contributed by atoms with Crippen LogP contribution in [0.5, 0.6) is 0 Å². The summed E-state index contributed by atoms with van der Waals surface area (Å²) >= 11 is 0. The van der Waals surface area contributed by atoms with Crippen LogP contribution in [0.15, 0.2) is 128 Å². The van der Waals surface area contributed by atoms with Crippen LogP contribution < -0.4 is 13.7 Å². The quantitative estimate of drug-likeness (QED) is 0.151. The number of rotatable bonds is 9. The molecule has 3 aromatic heterocycles. The molecule has 0 amide bonds. The minimum atomic E-state index is 0.877. The second-order valence-corrected chi connectivity index (χ2v) is 12.2. The van der Waals surface area contributed by atoms with E-state index in [-0.39, 0.29) is 0 Å². The molecule has 3 nitrogen and oxygen atoms in total. The third-order valence-electron chi connectivity index (χ3n) is 9.10. The van der Waals surface area contributed by atoms with Crippen molar-refractivity contribution in [2.45, 2.75) is 60.7 Å². The molecule has 3 heterocycles. The molecule has 0 aliphatic heterocycles. The third kappa shape index (κ3) is 6.35. The zero-order valence-electron chi connectivity index (χ0n) is 27.3. The Morgan fingerprint density at radius 1 is 0.356 bits per heavy atom. The van der Waals surface area contributed by atoms with Gasteiger partial charge in [-0.3, -0.25) is 0 Å². The van der Waals surface area contributed by atoms with Gasteiger partial charge in [0.05, 0.1) is 0 Å². The molecule has 0 bridgehead atoms. The number of nitrogens with zero attached hydrogens (tertiary/aromatic N) is 3. The van der Waals surface area contributed by atoms with Crippen LogP contribution in [0.1, 0.15) is 33.4 Å². The van der Waals surface area contributed by atoms with Crippen LogP contribution in [0, 0.1) is 34.6 Å². The highest BCUT2D eigenvalue weighted by atomic mass is 15.0. The van der Waals surface area contributed by atoms with Gasteiger partial charge in [0, 0.05) is 58.0 Å². The first-order chi connectivity index (χ1) is 21.9. The van der Waals surface area contributed by atoms with Crippen molar-refractivity contribution in [2.75, 3.05) is 0 Å². The smallest absolute Gasteiger partial charge is 0.198 e. The maximum Gasteiger partial charge on any atom is 0.215 e. The van der Waals surface area contributed by atoms with Crippen molar-refractivity contribution in [2.24, 2.45) is 0 Å². The number of hydrogen-bond acceptors (Lipinski definition) is 0. The lowest BCUT2D eigenvalue weighted by Gasteiger charge is -2.13. The molecule has 0 spiro atoms. The summed E-state index contributed by atoms with van der Waals surface area (Å²) in [6.45, 7) is 13.8. The summed E-state index contributed by atoms with van der Waals surface area (Å²) in [5.41, 5.74) is 15.7. The van der Waals surface area contributed by atoms with Crippen molar-refractivity contribution >= 4 is 0 Å². The Morgan fingerprint density at radius 3 is 1.18 bits per heavy atom. The molecule has 45 heavy (non-hydrogen) atoms. The summed E-state index contributed by atoms with van der Waals surface area (Å²) in [4.78, 5) is 0. The van der Waals surface area contributed by atoms with Crippen molar-refractivity contribution in [1.29, 1.82) is 0 Å². The van der Waals surface area contributed by atoms with Crippen LogP contribution in [0.4, 0.5) is 0 Å². The summed E-state index contributed by atoms with van der Waals surface area (Å²) in [6.07, 6.45) is 7.65. The molecule has 0 saturated heterocycles. The van der Waals surface area contributed by atoms with Crippen LogP contribution in [0.3, 0.4) is 0 Å². The maximum absolute atomic E-state index is 2.45. The third-order valence-corrected chi connectivity index (χ3v) is 9.10. The number of aromatic nitrogens is 3. The highest BCUT2D eigenvalue weighted by Crippen LogP contribution is 2.27. The lowest BCUT2D eigenvalue weighted by Crippen LogP contribution is -2.47. The number of pyridine rings is 3. The zero-order valence-corrected chi connectivity index (χ0v) is 27.3. The lowest BCUT2D eigenvalue weighted by atomic mass is 9.97. The predicted octanol–water partition coefficient (Wildman–Crippen LogP) is 8.04. The fourth-order valence-electron chi connectivity index (χ4n) is 6.78. The van der Waals surface area contributed by atoms with Gasteiger partial charge in [-0.25, -0.2) is 0 Å². The first-order valence-electron chi connectivity index (χ1n) is 16.1. The average molecular weight is 591 g/mol. The van der Waals surface area contributed by atoms with Crippen LogP contribution in [0.25, 0.3) is 33.8 Å². The largest absolute Gasteiger partial charge is 0.215 e. The molecule has 6 rings (SSSR count). The van der Waals surface area contributed by atoms with E-state index in [1.165, 1.54) is 67.2 Å². The first-order valence-corrected chi connectivity index (χ1v) is 16.1. The summed E-state index contributed by atoms with van der Waals surface area (Å²) in [5, 5.41) is 0. The molecule has 0 fully saturated rings. The second kappa shape index (κ2) is 13.4. The molecule has 6 aromatic rings. The summed E-state index contributed by atoms with van der Waals surface area (Å²) in [5.74, 6) is 0. The van der Waals surface area contributed by atoms with E-state index in [4.69, 9.17) is 0 Å². The van der Waals surface area contributed by atoms with Gasteiger partial charge in [0.15, 0.2) is 25.1 Å². The van der Waals surface area contributed by atoms with Gasteiger partial charge in [-0.05, 0) is 87.7 Å². The Bertz CT molecular complexity index is 1970. The molecular formula is C42H44N3+3. The molecule has 0 aliphatic rings. The summed E-state index contributed by atoms with van der Waals surface area (Å²) < 4.78 is 7.30. The van der Waals surface area contributed by atoms with Gasteiger partial charge >= 0.3 is 0 Å². The Labute approximate surface area is 268 Å². The van der Waals surface area contributed by atoms with Gasteiger partial charge in [-0.15, -0.1) is 0 Å². The van der Waals surface area contributed by atoms with Crippen LogP contribution in [0.2, 0.25) is 0 Å². The number of hydrogen-bond donors (Lipinski definition) is 0. The van der Waals surface area contributed by atoms with E-state index in [1.807, 2.05) is 0 Å². The van der Waals surface area contributed by atoms with Crippen LogP contribution in [-0.4, -0.2) is 0 Å². The molecule has 224 valence electrons. The normalized spacial score (nSPS) is 11.1. The van der Waals surface area contributed by atoms with Crippen molar-refractivity contribution < 1.29 is 13.7 Å². The molecule has 0 radical (unpaired) electrons. The second-order valence-electron chi connectivity index (χ2n) is 12.2. The van der Waals surface area contributed by atoms with E-state index in [2.05, 4.69) is 176 Å². The van der Waals surface area contributed by atoms with E-state index in [0.717, 1.165) is 26.1 Å². The van der Waals surface area contributed by atoms with E-state index >= 15 is 0 Å². The Kier molecular flexibility index (Phi) is 8.98. The van der Waals surface area contributed by atoms with Crippen molar-refractivity contribution in [3.05, 3.63) is 161 Å². The molecule has 0 atom stereocenters.